The van der Waals surface area contributed by atoms with Crippen LogP contribution in [0.2, 0.25) is 0 Å². The molecule has 9 nitrogen and oxygen atoms in total. The summed E-state index contributed by atoms with van der Waals surface area (Å²) in [6.45, 7) is 3.38. The van der Waals surface area contributed by atoms with Crippen molar-refractivity contribution in [3.8, 4) is 0 Å². The monoisotopic (exact) mass is 413 g/mol. The predicted molar refractivity (Wildman–Crippen MR) is 108 cm³/mol. The zero-order valence-corrected chi connectivity index (χ0v) is 17.1. The van der Waals surface area contributed by atoms with Crippen LogP contribution < -0.4 is 11.4 Å². The van der Waals surface area contributed by atoms with E-state index in [-0.39, 0.29) is 10.6 Å². The van der Waals surface area contributed by atoms with Crippen molar-refractivity contribution in [1.82, 2.24) is 9.55 Å². The van der Waals surface area contributed by atoms with Crippen LogP contribution in [0, 0.1) is 10.6 Å². The first-order chi connectivity index (χ1) is 12.7. The van der Waals surface area contributed by atoms with Crippen LogP contribution in [0.3, 0.4) is 0 Å². The number of nitrogens with zero attached hydrogens (tertiary/aromatic N) is 1. The number of halogens is 1. The molecule has 0 amide bonds. The van der Waals surface area contributed by atoms with Crippen molar-refractivity contribution in [2.24, 2.45) is 11.7 Å². The van der Waals surface area contributed by atoms with E-state index in [2.05, 4.69) is 4.98 Å². The predicted octanol–water partition coefficient (Wildman–Crippen LogP) is -3.99. The second kappa shape index (κ2) is 7.41. The van der Waals surface area contributed by atoms with Gasteiger partial charge < -0.3 is 25.4 Å². The lowest BCUT2D eigenvalue weighted by molar-refractivity contribution is -0.250. The number of aromatic amines is 1. The Morgan fingerprint density at radius 1 is 1.50 bits per heavy atom. The second-order valence-electron chi connectivity index (χ2n) is 7.87. The minimum Gasteiger partial charge on any atom is -0.471 e. The van der Waals surface area contributed by atoms with Crippen LogP contribution >= 0.6 is 12.2 Å². The molecular formula is C14H23B3FN3O6S. The summed E-state index contributed by atoms with van der Waals surface area (Å²) >= 11 is 4.85. The Morgan fingerprint density at radius 3 is 2.57 bits per heavy atom. The van der Waals surface area contributed by atoms with Gasteiger partial charge in [-0.3, -0.25) is 14.3 Å². The molecule has 28 heavy (non-hydrogen) atoms. The average Bonchev–Trinajstić information content (AvgIpc) is 2.75. The smallest absolute Gasteiger partial charge is 0.328 e. The van der Waals surface area contributed by atoms with E-state index in [9.17, 15) is 19.8 Å². The molecule has 1 saturated heterocycles. The van der Waals surface area contributed by atoms with Gasteiger partial charge in [0.15, 0.2) is 23.5 Å². The maximum absolute atomic E-state index is 15.9. The number of aromatic nitrogens is 2. The van der Waals surface area contributed by atoms with E-state index in [1.807, 2.05) is 0 Å². The van der Waals surface area contributed by atoms with Crippen LogP contribution in [0.1, 0.15) is 13.8 Å². The number of hydrogen-bond donors (Lipinski definition) is 4. The van der Waals surface area contributed by atoms with Crippen molar-refractivity contribution in [2.45, 2.75) is 49.0 Å². The van der Waals surface area contributed by atoms with Crippen LogP contribution in [0.15, 0.2) is 17.1 Å². The SMILES string of the molecule is BC(B)(OC(=O)[C@@H](N)C(C)C)[C@@]1(F)O[C@@](B)(n2ccc(=S)[nH]c2=O)[C@H](O)[C@@H]1O. The number of alkyl halides is 1. The van der Waals surface area contributed by atoms with E-state index in [4.69, 9.17) is 27.4 Å². The van der Waals surface area contributed by atoms with Gasteiger partial charge in [-0.05, 0) is 12.0 Å². The molecule has 1 fully saturated rings. The maximum atomic E-state index is 15.9. The van der Waals surface area contributed by atoms with E-state index < -0.39 is 46.8 Å². The summed E-state index contributed by atoms with van der Waals surface area (Å²) in [5, 5.41) is 18.9. The number of esters is 1. The van der Waals surface area contributed by atoms with Gasteiger partial charge in [-0.2, -0.15) is 0 Å². The third-order valence-electron chi connectivity index (χ3n) is 5.05. The highest BCUT2D eigenvalue weighted by Crippen LogP contribution is 2.45. The van der Waals surface area contributed by atoms with Crippen molar-refractivity contribution < 1.29 is 28.9 Å². The lowest BCUT2D eigenvalue weighted by atomic mass is 9.59. The first kappa shape index (κ1) is 22.8. The molecule has 0 saturated carbocycles. The molecule has 5 N–H and O–H groups in total. The summed E-state index contributed by atoms with van der Waals surface area (Å²) in [7, 11) is 3.58. The molecule has 2 rings (SSSR count). The number of carbonyl (C=O) groups excluding carboxylic acids is 1. The van der Waals surface area contributed by atoms with Gasteiger partial charge >= 0.3 is 11.7 Å². The Morgan fingerprint density at radius 2 is 2.07 bits per heavy atom. The molecular weight excluding hydrogens is 390 g/mol. The molecule has 1 aliphatic rings. The Balaban J connectivity index is 2.44. The maximum Gasteiger partial charge on any atom is 0.328 e. The van der Waals surface area contributed by atoms with Crippen LogP contribution in [0.4, 0.5) is 4.39 Å². The molecule has 152 valence electrons. The molecule has 0 aromatic carbocycles. The van der Waals surface area contributed by atoms with Crippen molar-refractivity contribution in [3.63, 3.8) is 0 Å². The van der Waals surface area contributed by atoms with Gasteiger partial charge in [0.05, 0.1) is 0 Å². The van der Waals surface area contributed by atoms with Crippen LogP contribution in [-0.2, 0) is 19.9 Å². The van der Waals surface area contributed by atoms with Crippen molar-refractivity contribution in [1.29, 1.82) is 0 Å². The molecule has 0 spiro atoms. The molecule has 0 unspecified atom stereocenters. The van der Waals surface area contributed by atoms with Gasteiger partial charge in [0.2, 0.25) is 0 Å². The molecule has 0 bridgehead atoms. The molecule has 14 heteroatoms. The largest absolute Gasteiger partial charge is 0.471 e. The van der Waals surface area contributed by atoms with Crippen LogP contribution in [0.5, 0.6) is 0 Å². The minimum atomic E-state index is -3.04. The first-order valence-corrected chi connectivity index (χ1v) is 9.14. The Bertz CT molecular complexity index is 882. The van der Waals surface area contributed by atoms with Gasteiger partial charge in [-0.25, -0.2) is 9.18 Å². The Hall–Kier alpha value is -1.47. The summed E-state index contributed by atoms with van der Waals surface area (Å²) in [6.07, 6.45) is -2.79. The second-order valence-corrected chi connectivity index (χ2v) is 8.31. The Kier molecular flexibility index (Phi) is 6.04. The van der Waals surface area contributed by atoms with Crippen LogP contribution in [0.25, 0.3) is 0 Å². The first-order valence-electron chi connectivity index (χ1n) is 8.73. The van der Waals surface area contributed by atoms with Crippen molar-refractivity contribution in [3.05, 3.63) is 27.4 Å². The summed E-state index contributed by atoms with van der Waals surface area (Å²) in [5.74, 6) is -4.20. The number of nitrogens with two attached hydrogens (primary N) is 1. The lowest BCUT2D eigenvalue weighted by Gasteiger charge is -2.40. The van der Waals surface area contributed by atoms with E-state index in [0.29, 0.717) is 0 Å². The number of carbonyl (C=O) groups is 1. The number of rotatable bonds is 5. The summed E-state index contributed by atoms with van der Waals surface area (Å²) < 4.78 is 27.4. The quantitative estimate of drug-likeness (QED) is 0.218. The highest BCUT2D eigenvalue weighted by Gasteiger charge is 2.68. The van der Waals surface area contributed by atoms with Gasteiger partial charge in [0.1, 0.15) is 33.9 Å². The number of aliphatic hydroxyl groups excluding tert-OH is 2. The molecule has 0 aliphatic carbocycles. The highest BCUT2D eigenvalue weighted by atomic mass is 32.1. The topological polar surface area (TPSA) is 140 Å². The van der Waals surface area contributed by atoms with E-state index >= 15 is 4.39 Å². The van der Waals surface area contributed by atoms with E-state index in [1.54, 1.807) is 13.8 Å². The number of nitrogens with one attached hydrogen (secondary N) is 1. The van der Waals surface area contributed by atoms with E-state index in [1.165, 1.54) is 35.8 Å². The fourth-order valence-electron chi connectivity index (χ4n) is 3.02. The lowest BCUT2D eigenvalue weighted by Crippen LogP contribution is -2.62. The minimum absolute atomic E-state index is 0.126. The Labute approximate surface area is 168 Å². The van der Waals surface area contributed by atoms with Gasteiger partial charge in [-0.1, -0.05) is 26.1 Å². The fourth-order valence-corrected chi connectivity index (χ4v) is 3.16. The van der Waals surface area contributed by atoms with Crippen molar-refractivity contribution in [2.75, 3.05) is 0 Å². The molecule has 2 heterocycles. The third-order valence-corrected chi connectivity index (χ3v) is 5.29. The summed E-state index contributed by atoms with van der Waals surface area (Å²) in [4.78, 5) is 26.8. The normalized spacial score (nSPS) is 31.7. The van der Waals surface area contributed by atoms with Crippen LogP contribution in [-0.4, -0.2) is 78.8 Å². The number of aliphatic hydroxyl groups is 2. The fraction of sp³-hybridized carbons (Fsp3) is 0.643. The zero-order valence-electron chi connectivity index (χ0n) is 16.3. The van der Waals surface area contributed by atoms with Gasteiger partial charge in [0.25, 0.3) is 5.85 Å². The molecule has 1 aromatic rings. The van der Waals surface area contributed by atoms with Gasteiger partial charge in [-0.15, -0.1) is 0 Å². The molecule has 5 atom stereocenters. The standard InChI is InChI=1S/C14H23B3FN3O6S/c1-5(2)7(19)10(24)26-14(16,17)12(18)8(22)9(23)13(15,27-12)21-4-3-6(28)20-11(21)25/h3-5,7-9,22-23H,15-17,19H2,1-2H3,(H,20,25,28)/t7-,8-,9+,12-,13-/m0/s1. The highest BCUT2D eigenvalue weighted by molar-refractivity contribution is 7.71. The summed E-state index contributed by atoms with van der Waals surface area (Å²) in [6, 6.07) is 0.324. The number of H-pyrrole nitrogens is 1. The summed E-state index contributed by atoms with van der Waals surface area (Å²) in [5.41, 5.74) is 2.96. The number of ether oxygens (including phenoxy) is 2. The number of hydrogen-bond acceptors (Lipinski definition) is 8. The molecule has 1 aliphatic heterocycles. The van der Waals surface area contributed by atoms with Gasteiger partial charge in [0, 0.05) is 6.20 Å². The average molecular weight is 413 g/mol. The van der Waals surface area contributed by atoms with Crippen molar-refractivity contribution >= 4 is 41.7 Å². The zero-order chi connectivity index (χ0) is 21.7. The molecule has 1 aromatic heterocycles. The molecule has 0 radical (unpaired) electrons. The third kappa shape index (κ3) is 3.59. The van der Waals surface area contributed by atoms with E-state index in [0.717, 1.165) is 4.57 Å².